The van der Waals surface area contributed by atoms with Gasteiger partial charge < -0.3 is 9.84 Å². The number of hydrogen-bond donors (Lipinski definition) is 2. The fourth-order valence-electron chi connectivity index (χ4n) is 3.10. The van der Waals surface area contributed by atoms with Crippen molar-refractivity contribution >= 4 is 39.5 Å². The zero-order valence-electron chi connectivity index (χ0n) is 17.6. The predicted molar refractivity (Wildman–Crippen MR) is 120 cm³/mol. The van der Waals surface area contributed by atoms with Gasteiger partial charge in [0.2, 0.25) is 5.91 Å². The first-order chi connectivity index (χ1) is 15.2. The molecule has 1 heterocycles. The van der Waals surface area contributed by atoms with E-state index in [-0.39, 0.29) is 16.7 Å². The maximum atomic E-state index is 13.3. The van der Waals surface area contributed by atoms with Crippen molar-refractivity contribution in [2.24, 2.45) is 5.92 Å². The Kier molecular flexibility index (Phi) is 5.84. The van der Waals surface area contributed by atoms with E-state index < -0.39 is 15.8 Å². The molecule has 1 saturated carbocycles. The molecule has 1 fully saturated rings. The molecule has 0 bridgehead atoms. The summed E-state index contributed by atoms with van der Waals surface area (Å²) < 4.78 is 46.3. The van der Waals surface area contributed by atoms with Gasteiger partial charge in [-0.05, 0) is 74.2 Å². The number of amides is 1. The molecule has 9 heteroatoms. The Morgan fingerprint density at radius 3 is 2.50 bits per heavy atom. The summed E-state index contributed by atoms with van der Waals surface area (Å²) in [6.07, 6.45) is 5.20. The van der Waals surface area contributed by atoms with Crippen molar-refractivity contribution < 1.29 is 22.1 Å². The van der Waals surface area contributed by atoms with E-state index in [4.69, 9.17) is 4.52 Å². The zero-order valence-corrected chi connectivity index (χ0v) is 18.4. The van der Waals surface area contributed by atoms with Crippen LogP contribution in [0.1, 0.15) is 35.4 Å². The molecule has 2 aromatic carbocycles. The number of sulfonamides is 1. The van der Waals surface area contributed by atoms with Gasteiger partial charge in [0.05, 0.1) is 10.6 Å². The number of nitrogens with one attached hydrogen (secondary N) is 2. The van der Waals surface area contributed by atoms with Crippen LogP contribution >= 0.6 is 0 Å². The van der Waals surface area contributed by atoms with Gasteiger partial charge in [0.25, 0.3) is 10.0 Å². The number of anilines is 2. The third-order valence-corrected chi connectivity index (χ3v) is 6.52. The van der Waals surface area contributed by atoms with E-state index in [0.29, 0.717) is 28.4 Å². The second-order valence-electron chi connectivity index (χ2n) is 7.74. The lowest BCUT2D eigenvalue weighted by atomic mass is 10.2. The Bertz CT molecular complexity index is 1290. The van der Waals surface area contributed by atoms with Crippen molar-refractivity contribution in [1.82, 2.24) is 5.16 Å². The molecule has 0 unspecified atom stereocenters. The summed E-state index contributed by atoms with van der Waals surface area (Å²) in [5.41, 5.74) is 2.66. The highest BCUT2D eigenvalue weighted by Gasteiger charge is 2.30. The van der Waals surface area contributed by atoms with Crippen molar-refractivity contribution in [3.63, 3.8) is 0 Å². The lowest BCUT2D eigenvalue weighted by Gasteiger charge is -2.10. The van der Waals surface area contributed by atoms with Crippen LogP contribution in [0.3, 0.4) is 0 Å². The van der Waals surface area contributed by atoms with E-state index in [9.17, 15) is 17.6 Å². The molecule has 1 aliphatic carbocycles. The Labute approximate surface area is 185 Å². The lowest BCUT2D eigenvalue weighted by Crippen LogP contribution is -2.14. The summed E-state index contributed by atoms with van der Waals surface area (Å²) in [6.45, 7) is 3.38. The maximum absolute atomic E-state index is 13.3. The minimum atomic E-state index is -3.82. The minimum absolute atomic E-state index is 0.0376. The number of hydrogen-bond acceptors (Lipinski definition) is 5. The summed E-state index contributed by atoms with van der Waals surface area (Å²) in [7, 11) is -3.82. The highest BCUT2D eigenvalue weighted by Crippen LogP contribution is 2.32. The number of aromatic nitrogens is 1. The smallest absolute Gasteiger partial charge is 0.261 e. The maximum Gasteiger partial charge on any atom is 0.261 e. The zero-order chi connectivity index (χ0) is 22.9. The summed E-state index contributed by atoms with van der Waals surface area (Å²) in [4.78, 5) is 12.1. The van der Waals surface area contributed by atoms with Crippen LogP contribution in [0, 0.1) is 25.6 Å². The van der Waals surface area contributed by atoms with Gasteiger partial charge in [0, 0.05) is 5.92 Å². The largest absolute Gasteiger partial charge is 0.354 e. The number of rotatable bonds is 7. The third-order valence-electron chi connectivity index (χ3n) is 5.14. The normalized spacial score (nSPS) is 14.0. The van der Waals surface area contributed by atoms with Gasteiger partial charge in [-0.3, -0.25) is 9.52 Å². The second-order valence-corrected chi connectivity index (χ2v) is 9.42. The molecule has 0 radical (unpaired) electrons. The summed E-state index contributed by atoms with van der Waals surface area (Å²) in [6, 6.07) is 10.1. The molecule has 1 aliphatic rings. The van der Waals surface area contributed by atoms with Crippen LogP contribution in [0.4, 0.5) is 15.8 Å². The second kappa shape index (κ2) is 8.58. The quantitative estimate of drug-likeness (QED) is 0.535. The standard InChI is InChI=1S/C23H22FN3O4S/c1-14-13-18(24)8-11-20(14)27-32(29,30)19-9-3-16(4-10-19)5-12-21-22(15(2)26-31-21)25-23(28)17-6-7-17/h3-5,8-13,17,27H,6-7H2,1-2H3,(H,25,28). The fraction of sp³-hybridized carbons (Fsp3) is 0.217. The van der Waals surface area contributed by atoms with Crippen molar-refractivity contribution in [2.75, 3.05) is 10.0 Å². The molecule has 3 aromatic rings. The van der Waals surface area contributed by atoms with Crippen LogP contribution in [0.5, 0.6) is 0 Å². The van der Waals surface area contributed by atoms with Crippen molar-refractivity contribution in [1.29, 1.82) is 0 Å². The van der Waals surface area contributed by atoms with Crippen LogP contribution in [-0.2, 0) is 14.8 Å². The molecular weight excluding hydrogens is 433 g/mol. The first-order valence-electron chi connectivity index (χ1n) is 10.1. The van der Waals surface area contributed by atoms with E-state index in [1.54, 1.807) is 38.1 Å². The number of carbonyl (C=O) groups excluding carboxylic acids is 1. The molecule has 32 heavy (non-hydrogen) atoms. The molecule has 0 atom stereocenters. The molecule has 166 valence electrons. The molecule has 0 saturated heterocycles. The van der Waals surface area contributed by atoms with Crippen LogP contribution in [0.2, 0.25) is 0 Å². The third kappa shape index (κ3) is 4.88. The predicted octanol–water partition coefficient (Wildman–Crippen LogP) is 4.75. The molecule has 1 amide bonds. The average Bonchev–Trinajstić information content (AvgIpc) is 3.55. The van der Waals surface area contributed by atoms with E-state index >= 15 is 0 Å². The van der Waals surface area contributed by atoms with Crippen molar-refractivity contribution in [2.45, 2.75) is 31.6 Å². The molecule has 1 aromatic heterocycles. The van der Waals surface area contributed by atoms with E-state index in [1.165, 1.54) is 30.3 Å². The van der Waals surface area contributed by atoms with Crippen LogP contribution < -0.4 is 10.0 Å². The van der Waals surface area contributed by atoms with Crippen molar-refractivity contribution in [3.05, 3.63) is 70.9 Å². The molecule has 2 N–H and O–H groups in total. The molecule has 4 rings (SSSR count). The average molecular weight is 456 g/mol. The van der Waals surface area contributed by atoms with Crippen LogP contribution in [0.15, 0.2) is 51.9 Å². The number of nitrogens with zero attached hydrogens (tertiary/aromatic N) is 1. The Hall–Kier alpha value is -3.46. The Morgan fingerprint density at radius 1 is 1.12 bits per heavy atom. The van der Waals surface area contributed by atoms with Crippen molar-refractivity contribution in [3.8, 4) is 0 Å². The monoisotopic (exact) mass is 455 g/mol. The summed E-state index contributed by atoms with van der Waals surface area (Å²) >= 11 is 0. The first-order valence-corrected chi connectivity index (χ1v) is 11.6. The highest BCUT2D eigenvalue weighted by atomic mass is 32.2. The highest BCUT2D eigenvalue weighted by molar-refractivity contribution is 7.92. The van der Waals surface area contributed by atoms with Gasteiger partial charge in [0.1, 0.15) is 17.2 Å². The molecule has 0 spiro atoms. The number of halogens is 1. The van der Waals surface area contributed by atoms with E-state index in [2.05, 4.69) is 15.2 Å². The number of carbonyl (C=O) groups is 1. The van der Waals surface area contributed by atoms with Gasteiger partial charge >= 0.3 is 0 Å². The Morgan fingerprint density at radius 2 is 1.84 bits per heavy atom. The van der Waals surface area contributed by atoms with Gasteiger partial charge in [-0.2, -0.15) is 0 Å². The lowest BCUT2D eigenvalue weighted by molar-refractivity contribution is -0.117. The number of aryl methyl sites for hydroxylation is 2. The fourth-order valence-corrected chi connectivity index (χ4v) is 4.23. The molecule has 7 nitrogen and oxygen atoms in total. The van der Waals surface area contributed by atoms with Gasteiger partial charge in [-0.25, -0.2) is 12.8 Å². The van der Waals surface area contributed by atoms with Gasteiger partial charge in [-0.1, -0.05) is 23.4 Å². The summed E-state index contributed by atoms with van der Waals surface area (Å²) in [5, 5.41) is 6.77. The van der Waals surface area contributed by atoms with Crippen LogP contribution in [0.25, 0.3) is 12.2 Å². The topological polar surface area (TPSA) is 101 Å². The van der Waals surface area contributed by atoms with Gasteiger partial charge in [0.15, 0.2) is 5.76 Å². The SMILES string of the molecule is Cc1cc(F)ccc1NS(=O)(=O)c1ccc(C=Cc2onc(C)c2NC(=O)C2CC2)cc1. The molecule has 0 aliphatic heterocycles. The number of benzene rings is 2. The Balaban J connectivity index is 1.48. The minimum Gasteiger partial charge on any atom is -0.354 e. The van der Waals surface area contributed by atoms with E-state index in [0.717, 1.165) is 18.4 Å². The molecular formula is C23H22FN3O4S. The van der Waals surface area contributed by atoms with E-state index in [1.807, 2.05) is 0 Å². The summed E-state index contributed by atoms with van der Waals surface area (Å²) in [5.74, 6) is 0.00721. The van der Waals surface area contributed by atoms with Gasteiger partial charge in [-0.15, -0.1) is 0 Å². The first kappa shape index (κ1) is 21.8. The van der Waals surface area contributed by atoms with Crippen LogP contribution in [-0.4, -0.2) is 19.5 Å².